The molecule has 0 aliphatic heterocycles. The van der Waals surface area contributed by atoms with Crippen molar-refractivity contribution in [2.45, 2.75) is 58.8 Å². The zero-order chi connectivity index (χ0) is 10.8. The standard InChI is InChI=1S/C12H21ClO/c1-3-5-7-9-11(8-6-4-2)10-12(13)14/h10H,3-9H2,1-2H3/b11-10+. The van der Waals surface area contributed by atoms with E-state index >= 15 is 0 Å². The van der Waals surface area contributed by atoms with Crippen LogP contribution >= 0.6 is 11.6 Å². The van der Waals surface area contributed by atoms with Crippen molar-refractivity contribution in [1.29, 1.82) is 0 Å². The van der Waals surface area contributed by atoms with E-state index in [9.17, 15) is 4.79 Å². The molecule has 0 aromatic carbocycles. The Morgan fingerprint density at radius 1 is 1.07 bits per heavy atom. The molecular weight excluding hydrogens is 196 g/mol. The fourth-order valence-corrected chi connectivity index (χ4v) is 1.59. The average Bonchev–Trinajstić information content (AvgIpc) is 2.13. The van der Waals surface area contributed by atoms with E-state index in [4.69, 9.17) is 11.6 Å². The minimum Gasteiger partial charge on any atom is -0.276 e. The molecule has 0 bridgehead atoms. The van der Waals surface area contributed by atoms with E-state index in [1.165, 1.54) is 31.3 Å². The number of carbonyl (C=O) groups is 1. The normalized spacial score (nSPS) is 11.8. The van der Waals surface area contributed by atoms with Crippen LogP contribution in [0.2, 0.25) is 0 Å². The maximum absolute atomic E-state index is 10.7. The summed E-state index contributed by atoms with van der Waals surface area (Å²) in [5, 5.41) is -0.326. The van der Waals surface area contributed by atoms with Crippen LogP contribution in [0, 0.1) is 0 Å². The van der Waals surface area contributed by atoms with Gasteiger partial charge in [0.25, 0.3) is 0 Å². The van der Waals surface area contributed by atoms with Crippen molar-refractivity contribution in [2.75, 3.05) is 0 Å². The molecule has 0 amide bonds. The highest BCUT2D eigenvalue weighted by molar-refractivity contribution is 6.66. The fourth-order valence-electron chi connectivity index (χ4n) is 1.44. The molecule has 0 fully saturated rings. The van der Waals surface area contributed by atoms with Gasteiger partial charge in [-0.25, -0.2) is 0 Å². The first kappa shape index (κ1) is 13.7. The van der Waals surface area contributed by atoms with Gasteiger partial charge in [0, 0.05) is 0 Å². The lowest BCUT2D eigenvalue weighted by Gasteiger charge is -2.05. The van der Waals surface area contributed by atoms with Gasteiger partial charge in [0.1, 0.15) is 0 Å². The van der Waals surface area contributed by atoms with Gasteiger partial charge in [0.2, 0.25) is 5.24 Å². The van der Waals surface area contributed by atoms with Gasteiger partial charge in [-0.2, -0.15) is 0 Å². The van der Waals surface area contributed by atoms with E-state index in [1.54, 1.807) is 6.08 Å². The second kappa shape index (κ2) is 9.26. The van der Waals surface area contributed by atoms with Crippen molar-refractivity contribution in [3.05, 3.63) is 11.6 Å². The molecule has 0 atom stereocenters. The number of carbonyl (C=O) groups excluding carboxylic acids is 1. The van der Waals surface area contributed by atoms with Crippen LogP contribution in [0.4, 0.5) is 0 Å². The lowest BCUT2D eigenvalue weighted by Crippen LogP contribution is -1.89. The average molecular weight is 217 g/mol. The molecule has 0 aliphatic rings. The van der Waals surface area contributed by atoms with Crippen LogP contribution in [0.5, 0.6) is 0 Å². The summed E-state index contributed by atoms with van der Waals surface area (Å²) in [4.78, 5) is 10.7. The maximum atomic E-state index is 10.7. The second-order valence-electron chi connectivity index (χ2n) is 3.67. The molecule has 0 radical (unpaired) electrons. The van der Waals surface area contributed by atoms with Gasteiger partial charge in [-0.1, -0.05) is 38.7 Å². The Morgan fingerprint density at radius 3 is 2.14 bits per heavy atom. The molecule has 82 valence electrons. The van der Waals surface area contributed by atoms with Crippen LogP contribution in [-0.2, 0) is 4.79 Å². The van der Waals surface area contributed by atoms with Crippen molar-refractivity contribution in [3.8, 4) is 0 Å². The summed E-state index contributed by atoms with van der Waals surface area (Å²) in [5.74, 6) is 0. The zero-order valence-electron chi connectivity index (χ0n) is 9.31. The summed E-state index contributed by atoms with van der Waals surface area (Å²) in [7, 11) is 0. The Hall–Kier alpha value is -0.300. The fraction of sp³-hybridized carbons (Fsp3) is 0.750. The SMILES string of the molecule is CCCCC/C(=C/C(=O)Cl)CCCC. The van der Waals surface area contributed by atoms with E-state index < -0.39 is 0 Å². The molecule has 14 heavy (non-hydrogen) atoms. The van der Waals surface area contributed by atoms with E-state index in [2.05, 4.69) is 13.8 Å². The number of unbranched alkanes of at least 4 members (excludes halogenated alkanes) is 3. The van der Waals surface area contributed by atoms with Crippen LogP contribution in [0.1, 0.15) is 58.8 Å². The monoisotopic (exact) mass is 216 g/mol. The minimum atomic E-state index is -0.326. The van der Waals surface area contributed by atoms with Gasteiger partial charge in [-0.05, 0) is 43.4 Å². The van der Waals surface area contributed by atoms with E-state index in [-0.39, 0.29) is 5.24 Å². The molecule has 0 aromatic heterocycles. The molecule has 0 aromatic rings. The highest BCUT2D eigenvalue weighted by atomic mass is 35.5. The lowest BCUT2D eigenvalue weighted by molar-refractivity contribution is -0.107. The highest BCUT2D eigenvalue weighted by Gasteiger charge is 2.00. The molecule has 0 saturated carbocycles. The second-order valence-corrected chi connectivity index (χ2v) is 4.04. The number of halogens is 1. The van der Waals surface area contributed by atoms with Crippen molar-refractivity contribution < 1.29 is 4.79 Å². The maximum Gasteiger partial charge on any atom is 0.245 e. The molecule has 0 unspecified atom stereocenters. The minimum absolute atomic E-state index is 0.326. The van der Waals surface area contributed by atoms with Gasteiger partial charge >= 0.3 is 0 Å². The first-order valence-electron chi connectivity index (χ1n) is 5.59. The number of rotatable bonds is 8. The first-order chi connectivity index (χ1) is 6.70. The van der Waals surface area contributed by atoms with Crippen LogP contribution in [0.3, 0.4) is 0 Å². The molecule has 2 heteroatoms. The summed E-state index contributed by atoms with van der Waals surface area (Å²) in [6.07, 6.45) is 9.62. The van der Waals surface area contributed by atoms with E-state index in [0.717, 1.165) is 19.3 Å². The molecule has 0 spiro atoms. The predicted molar refractivity (Wildman–Crippen MR) is 62.6 cm³/mol. The first-order valence-corrected chi connectivity index (χ1v) is 5.97. The number of hydrogen-bond acceptors (Lipinski definition) is 1. The van der Waals surface area contributed by atoms with E-state index in [1.807, 2.05) is 0 Å². The summed E-state index contributed by atoms with van der Waals surface area (Å²) >= 11 is 5.35. The Balaban J connectivity index is 3.91. The van der Waals surface area contributed by atoms with Crippen LogP contribution in [0.25, 0.3) is 0 Å². The summed E-state index contributed by atoms with van der Waals surface area (Å²) < 4.78 is 0. The molecule has 0 aliphatic carbocycles. The van der Waals surface area contributed by atoms with Crippen LogP contribution in [0.15, 0.2) is 11.6 Å². The predicted octanol–water partition coefficient (Wildman–Crippen LogP) is 4.45. The summed E-state index contributed by atoms with van der Waals surface area (Å²) in [6, 6.07) is 0. The molecule has 0 rings (SSSR count). The Kier molecular flexibility index (Phi) is 9.06. The van der Waals surface area contributed by atoms with Gasteiger partial charge in [-0.15, -0.1) is 0 Å². The van der Waals surface area contributed by atoms with Crippen molar-refractivity contribution >= 4 is 16.8 Å². The Morgan fingerprint density at radius 2 is 1.64 bits per heavy atom. The van der Waals surface area contributed by atoms with Crippen LogP contribution < -0.4 is 0 Å². The highest BCUT2D eigenvalue weighted by Crippen LogP contribution is 2.16. The Bertz CT molecular complexity index is 185. The van der Waals surface area contributed by atoms with Gasteiger partial charge < -0.3 is 0 Å². The smallest absolute Gasteiger partial charge is 0.245 e. The summed E-state index contributed by atoms with van der Waals surface area (Å²) in [6.45, 7) is 4.34. The largest absolute Gasteiger partial charge is 0.276 e. The number of allylic oxidation sites excluding steroid dienone is 2. The molecule has 0 saturated heterocycles. The van der Waals surface area contributed by atoms with Crippen molar-refractivity contribution in [2.24, 2.45) is 0 Å². The Labute approximate surface area is 92.5 Å². The van der Waals surface area contributed by atoms with Crippen molar-refractivity contribution in [3.63, 3.8) is 0 Å². The summed E-state index contributed by atoms with van der Waals surface area (Å²) in [5.41, 5.74) is 1.22. The molecule has 0 heterocycles. The topological polar surface area (TPSA) is 17.1 Å². The van der Waals surface area contributed by atoms with Gasteiger partial charge in [0.05, 0.1) is 0 Å². The third-order valence-electron chi connectivity index (χ3n) is 2.27. The lowest BCUT2D eigenvalue weighted by atomic mass is 10.0. The van der Waals surface area contributed by atoms with Gasteiger partial charge in [0.15, 0.2) is 0 Å². The molecule has 0 N–H and O–H groups in total. The third kappa shape index (κ3) is 8.31. The molecule has 1 nitrogen and oxygen atoms in total. The van der Waals surface area contributed by atoms with Crippen molar-refractivity contribution in [1.82, 2.24) is 0 Å². The quantitative estimate of drug-likeness (QED) is 0.333. The zero-order valence-corrected chi connectivity index (χ0v) is 10.1. The number of hydrogen-bond donors (Lipinski definition) is 0. The third-order valence-corrected chi connectivity index (χ3v) is 2.38. The molecular formula is C12H21ClO. The van der Waals surface area contributed by atoms with Crippen LogP contribution in [-0.4, -0.2) is 5.24 Å². The van der Waals surface area contributed by atoms with E-state index in [0.29, 0.717) is 0 Å². The van der Waals surface area contributed by atoms with Gasteiger partial charge in [-0.3, -0.25) is 4.79 Å².